The minimum Gasteiger partial charge on any atom is -0.548 e. The van der Waals surface area contributed by atoms with Crippen molar-refractivity contribution in [2.75, 3.05) is 19.8 Å². The molecule has 4 nitrogen and oxygen atoms in total. The summed E-state index contributed by atoms with van der Waals surface area (Å²) in [6.45, 7) is 1.67. The molecular formula is C12H21FNNaO3. The third kappa shape index (κ3) is 11.0. The fourth-order valence-corrected chi connectivity index (χ4v) is 1.60. The Kier molecular flexibility index (Phi) is 14.9. The molecule has 1 amide bonds. The second-order valence-electron chi connectivity index (χ2n) is 4.04. The van der Waals surface area contributed by atoms with Crippen molar-refractivity contribution in [1.82, 2.24) is 4.90 Å². The summed E-state index contributed by atoms with van der Waals surface area (Å²) in [6, 6.07) is 0. The first-order valence-corrected chi connectivity index (χ1v) is 6.15. The fourth-order valence-electron chi connectivity index (χ4n) is 1.60. The van der Waals surface area contributed by atoms with Crippen molar-refractivity contribution in [2.45, 2.75) is 45.4 Å². The molecule has 0 bridgehead atoms. The van der Waals surface area contributed by atoms with Crippen molar-refractivity contribution in [3.63, 3.8) is 0 Å². The van der Waals surface area contributed by atoms with E-state index in [4.69, 9.17) is 0 Å². The molecule has 0 atom stereocenters. The van der Waals surface area contributed by atoms with Crippen LogP contribution in [0.15, 0.2) is 0 Å². The monoisotopic (exact) mass is 269 g/mol. The Morgan fingerprint density at radius 3 is 2.28 bits per heavy atom. The normalized spacial score (nSPS) is 9.67. The van der Waals surface area contributed by atoms with Crippen LogP contribution in [0.4, 0.5) is 4.39 Å². The summed E-state index contributed by atoms with van der Waals surface area (Å²) in [5, 5.41) is 10.5. The van der Waals surface area contributed by atoms with Gasteiger partial charge in [0.15, 0.2) is 0 Å². The van der Waals surface area contributed by atoms with Gasteiger partial charge in [0.1, 0.15) is 0 Å². The summed E-state index contributed by atoms with van der Waals surface area (Å²) in [5.74, 6) is -1.39. The van der Waals surface area contributed by atoms with Crippen LogP contribution in [0.2, 0.25) is 0 Å². The zero-order valence-electron chi connectivity index (χ0n) is 11.4. The van der Waals surface area contributed by atoms with Gasteiger partial charge in [-0.2, -0.15) is 0 Å². The van der Waals surface area contributed by atoms with E-state index in [0.29, 0.717) is 25.8 Å². The van der Waals surface area contributed by atoms with E-state index in [9.17, 15) is 19.1 Å². The molecule has 0 heterocycles. The topological polar surface area (TPSA) is 60.4 Å². The first-order chi connectivity index (χ1) is 8.11. The molecule has 100 valence electrons. The number of nitrogens with zero attached hydrogens (tertiary/aromatic N) is 1. The van der Waals surface area contributed by atoms with Crippen molar-refractivity contribution in [3.05, 3.63) is 0 Å². The molecule has 0 unspecified atom stereocenters. The molecule has 0 rings (SSSR count). The second-order valence-corrected chi connectivity index (χ2v) is 4.04. The first kappa shape index (κ1) is 20.2. The van der Waals surface area contributed by atoms with Crippen LogP contribution in [0.3, 0.4) is 0 Å². The molecule has 0 aromatic rings. The Hall–Kier alpha value is -0.130. The Balaban J connectivity index is 0. The molecule has 0 aliphatic heterocycles. The molecule has 0 aliphatic rings. The van der Waals surface area contributed by atoms with Crippen molar-refractivity contribution in [1.29, 1.82) is 0 Å². The Morgan fingerprint density at radius 2 is 1.78 bits per heavy atom. The number of hydrogen-bond donors (Lipinski definition) is 0. The van der Waals surface area contributed by atoms with Gasteiger partial charge < -0.3 is 14.8 Å². The van der Waals surface area contributed by atoms with Crippen LogP contribution >= 0.6 is 0 Å². The quantitative estimate of drug-likeness (QED) is 0.337. The number of alkyl halides is 1. The maximum Gasteiger partial charge on any atom is 1.00 e. The molecule has 18 heavy (non-hydrogen) atoms. The second kappa shape index (κ2) is 13.3. The summed E-state index contributed by atoms with van der Waals surface area (Å²) in [6.07, 6.45) is 3.86. The molecular weight excluding hydrogens is 248 g/mol. The number of carboxylic acids is 1. The van der Waals surface area contributed by atoms with Crippen molar-refractivity contribution < 1.29 is 48.6 Å². The van der Waals surface area contributed by atoms with Crippen molar-refractivity contribution in [2.24, 2.45) is 0 Å². The minimum atomic E-state index is -1.23. The summed E-state index contributed by atoms with van der Waals surface area (Å²) >= 11 is 0. The average molecular weight is 269 g/mol. The molecule has 6 heteroatoms. The van der Waals surface area contributed by atoms with Crippen LogP contribution < -0.4 is 34.7 Å². The fraction of sp³-hybridized carbons (Fsp3) is 0.833. The van der Waals surface area contributed by atoms with E-state index in [0.717, 1.165) is 19.3 Å². The first-order valence-electron chi connectivity index (χ1n) is 6.15. The summed E-state index contributed by atoms with van der Waals surface area (Å²) in [7, 11) is 0. The molecule has 0 spiro atoms. The number of carbonyl (C=O) groups excluding carboxylic acids is 2. The third-order valence-electron chi connectivity index (χ3n) is 2.44. The van der Waals surface area contributed by atoms with Crippen LogP contribution in [0, 0.1) is 0 Å². The Bertz CT molecular complexity index is 239. The van der Waals surface area contributed by atoms with Gasteiger partial charge in [-0.15, -0.1) is 0 Å². The zero-order chi connectivity index (χ0) is 13.1. The number of rotatable bonds is 10. The molecule has 0 saturated carbocycles. The number of aliphatic carboxylic acids is 1. The van der Waals surface area contributed by atoms with E-state index >= 15 is 0 Å². The summed E-state index contributed by atoms with van der Waals surface area (Å²) in [5.41, 5.74) is 0. The number of carbonyl (C=O) groups is 2. The van der Waals surface area contributed by atoms with Crippen molar-refractivity contribution >= 4 is 11.9 Å². The Labute approximate surface area is 130 Å². The molecule has 0 aliphatic carbocycles. The van der Waals surface area contributed by atoms with Gasteiger partial charge in [0.2, 0.25) is 5.91 Å². The van der Waals surface area contributed by atoms with Crippen LogP contribution in [-0.4, -0.2) is 36.5 Å². The van der Waals surface area contributed by atoms with Gasteiger partial charge in [0, 0.05) is 13.0 Å². The molecule has 0 fully saturated rings. The van der Waals surface area contributed by atoms with Gasteiger partial charge >= 0.3 is 29.6 Å². The van der Waals surface area contributed by atoms with E-state index in [1.165, 1.54) is 4.90 Å². The summed E-state index contributed by atoms with van der Waals surface area (Å²) in [4.78, 5) is 23.4. The van der Waals surface area contributed by atoms with Crippen LogP contribution in [0.5, 0.6) is 0 Å². The van der Waals surface area contributed by atoms with Crippen LogP contribution in [0.1, 0.15) is 45.4 Å². The van der Waals surface area contributed by atoms with E-state index in [1.54, 1.807) is 0 Å². The Morgan fingerprint density at radius 1 is 1.17 bits per heavy atom. The van der Waals surface area contributed by atoms with E-state index in [2.05, 4.69) is 0 Å². The largest absolute Gasteiger partial charge is 1.00 e. The smallest absolute Gasteiger partial charge is 0.548 e. The van der Waals surface area contributed by atoms with Gasteiger partial charge in [0.25, 0.3) is 0 Å². The van der Waals surface area contributed by atoms with E-state index < -0.39 is 5.97 Å². The van der Waals surface area contributed by atoms with Crippen LogP contribution in [0.25, 0.3) is 0 Å². The van der Waals surface area contributed by atoms with Gasteiger partial charge in [-0.3, -0.25) is 9.18 Å². The standard InChI is InChI=1S/C12H22FNO3.Na/c1-2-9-14(10-12(16)17)11(15)7-5-3-4-6-8-13;/h2-10H2,1H3,(H,16,17);/q;+1/p-1. The number of amides is 1. The third-order valence-corrected chi connectivity index (χ3v) is 2.44. The predicted molar refractivity (Wildman–Crippen MR) is 60.9 cm³/mol. The molecule has 0 aromatic heterocycles. The number of hydrogen-bond acceptors (Lipinski definition) is 3. The SMILES string of the molecule is CCCN(CC(=O)[O-])C(=O)CCCCCCF.[Na+]. The minimum absolute atomic E-state index is 0. The molecule has 0 saturated heterocycles. The number of unbranched alkanes of at least 4 members (excludes halogenated alkanes) is 3. The predicted octanol–water partition coefficient (Wildman–Crippen LogP) is -2.10. The van der Waals surface area contributed by atoms with Crippen LogP contribution in [-0.2, 0) is 9.59 Å². The van der Waals surface area contributed by atoms with E-state index in [-0.39, 0.29) is 48.7 Å². The van der Waals surface area contributed by atoms with Gasteiger partial charge in [-0.25, -0.2) is 0 Å². The van der Waals surface area contributed by atoms with Gasteiger partial charge in [-0.1, -0.05) is 19.8 Å². The van der Waals surface area contributed by atoms with Gasteiger partial charge in [-0.05, 0) is 19.3 Å². The average Bonchev–Trinajstić information content (AvgIpc) is 2.27. The maximum absolute atomic E-state index is 11.8. The number of carboxylic acid groups (broad SMARTS) is 1. The molecule has 0 aromatic carbocycles. The summed E-state index contributed by atoms with van der Waals surface area (Å²) < 4.78 is 11.8. The van der Waals surface area contributed by atoms with E-state index in [1.807, 2.05) is 6.92 Å². The van der Waals surface area contributed by atoms with Crippen molar-refractivity contribution in [3.8, 4) is 0 Å². The molecule has 0 N–H and O–H groups in total. The van der Waals surface area contributed by atoms with Gasteiger partial charge in [0.05, 0.1) is 19.2 Å². The molecule has 0 radical (unpaired) electrons. The number of halogens is 1. The maximum atomic E-state index is 11.8. The zero-order valence-corrected chi connectivity index (χ0v) is 13.4.